The van der Waals surface area contributed by atoms with E-state index >= 15 is 0 Å². The maximum Gasteiger partial charge on any atom is 0.236 e. The van der Waals surface area contributed by atoms with E-state index in [-0.39, 0.29) is 17.8 Å². The average molecular weight is 418 g/mol. The number of hydrogen-bond acceptors (Lipinski definition) is 7. The summed E-state index contributed by atoms with van der Waals surface area (Å²) in [5, 5.41) is 14.4. The number of nitrogens with zero attached hydrogens (tertiary/aromatic N) is 4. The summed E-state index contributed by atoms with van der Waals surface area (Å²) in [4.78, 5) is 16.1. The second-order valence-corrected chi connectivity index (χ2v) is 8.13. The van der Waals surface area contributed by atoms with Crippen molar-refractivity contribution >= 4 is 34.1 Å². The quantitative estimate of drug-likeness (QED) is 0.552. The van der Waals surface area contributed by atoms with Crippen LogP contribution in [0.3, 0.4) is 0 Å². The lowest BCUT2D eigenvalue weighted by Crippen LogP contribution is -2.15. The molecule has 28 heavy (non-hydrogen) atoms. The molecule has 9 heteroatoms. The van der Waals surface area contributed by atoms with Crippen LogP contribution in [-0.2, 0) is 11.3 Å². The first-order valence-electron chi connectivity index (χ1n) is 8.97. The van der Waals surface area contributed by atoms with E-state index in [1.165, 1.54) is 28.7 Å². The number of amides is 1. The fraction of sp³-hybridized carbons (Fsp3) is 0.368. The molecule has 1 aromatic carbocycles. The molecule has 0 aliphatic heterocycles. The highest BCUT2D eigenvalue weighted by molar-refractivity contribution is 7.99. The summed E-state index contributed by atoms with van der Waals surface area (Å²) in [7, 11) is 0. The van der Waals surface area contributed by atoms with Crippen LogP contribution in [0.4, 0.5) is 5.13 Å². The molecule has 0 spiro atoms. The minimum Gasteiger partial charge on any atom is -0.482 e. The van der Waals surface area contributed by atoms with E-state index in [9.17, 15) is 4.79 Å². The highest BCUT2D eigenvalue weighted by Gasteiger charge is 2.20. The number of carbonyl (C=O) groups excluding carboxylic acids is 1. The summed E-state index contributed by atoms with van der Waals surface area (Å²) in [6.07, 6.45) is 1.40. The average Bonchev–Trinajstić information content (AvgIpc) is 3.31. The smallest absolute Gasteiger partial charge is 0.236 e. The van der Waals surface area contributed by atoms with Gasteiger partial charge in [-0.3, -0.25) is 4.79 Å². The summed E-state index contributed by atoms with van der Waals surface area (Å²) < 4.78 is 8.10. The molecule has 0 fully saturated rings. The van der Waals surface area contributed by atoms with E-state index in [0.717, 1.165) is 17.1 Å². The third kappa shape index (κ3) is 4.90. The van der Waals surface area contributed by atoms with Gasteiger partial charge in [0.25, 0.3) is 0 Å². The number of anilines is 1. The van der Waals surface area contributed by atoms with Crippen molar-refractivity contribution < 1.29 is 9.53 Å². The fourth-order valence-electron chi connectivity index (χ4n) is 2.75. The number of aromatic nitrogens is 4. The van der Waals surface area contributed by atoms with Crippen LogP contribution in [-0.4, -0.2) is 31.4 Å². The van der Waals surface area contributed by atoms with Crippen molar-refractivity contribution in [1.82, 2.24) is 19.7 Å². The lowest BCUT2D eigenvalue weighted by molar-refractivity contribution is -0.113. The molecule has 0 saturated carbocycles. The molecule has 0 saturated heterocycles. The maximum absolute atomic E-state index is 12.1. The Balaban J connectivity index is 1.66. The zero-order chi connectivity index (χ0) is 20.1. The summed E-state index contributed by atoms with van der Waals surface area (Å²) in [5.41, 5.74) is 2.28. The minimum atomic E-state index is -0.257. The van der Waals surface area contributed by atoms with Crippen molar-refractivity contribution in [3.05, 3.63) is 46.7 Å². The number of thiazole rings is 1. The molecule has 0 aliphatic carbocycles. The largest absolute Gasteiger partial charge is 0.482 e. The molecule has 148 valence electrons. The molecular weight excluding hydrogens is 394 g/mol. The Morgan fingerprint density at radius 2 is 2.18 bits per heavy atom. The molecule has 1 N–H and O–H groups in total. The Labute approximate surface area is 172 Å². The monoisotopic (exact) mass is 417 g/mol. The molecule has 7 nitrogen and oxygen atoms in total. The molecule has 1 amide bonds. The zero-order valence-corrected chi connectivity index (χ0v) is 17.9. The first-order valence-corrected chi connectivity index (χ1v) is 10.8. The van der Waals surface area contributed by atoms with Crippen LogP contribution in [0.5, 0.6) is 5.75 Å². The van der Waals surface area contributed by atoms with Gasteiger partial charge >= 0.3 is 0 Å². The molecular formula is C19H23N5O2S2. The molecule has 1 unspecified atom stereocenters. The molecule has 2 heterocycles. The molecule has 0 aliphatic rings. The molecule has 0 bridgehead atoms. The van der Waals surface area contributed by atoms with Crippen LogP contribution in [0.1, 0.15) is 36.9 Å². The molecule has 1 atom stereocenters. The second kappa shape index (κ2) is 9.20. The van der Waals surface area contributed by atoms with Gasteiger partial charge in [0, 0.05) is 18.1 Å². The normalized spacial score (nSPS) is 12.0. The number of ether oxygens (including phenoxy) is 1. The number of benzene rings is 1. The van der Waals surface area contributed by atoms with Gasteiger partial charge in [-0.05, 0) is 39.3 Å². The summed E-state index contributed by atoms with van der Waals surface area (Å²) in [6, 6.07) is 6.10. The topological polar surface area (TPSA) is 81.9 Å². The zero-order valence-electron chi connectivity index (χ0n) is 16.3. The Morgan fingerprint density at radius 3 is 2.86 bits per heavy atom. The van der Waals surface area contributed by atoms with Gasteiger partial charge in [-0.2, -0.15) is 0 Å². The van der Waals surface area contributed by atoms with Gasteiger partial charge in [0.1, 0.15) is 5.75 Å². The molecule has 3 aromatic rings. The lowest BCUT2D eigenvalue weighted by atomic mass is 10.1. The highest BCUT2D eigenvalue weighted by atomic mass is 32.2. The summed E-state index contributed by atoms with van der Waals surface area (Å²) in [6.45, 7) is 8.76. The number of rotatable bonds is 8. The van der Waals surface area contributed by atoms with Crippen LogP contribution in [0, 0.1) is 13.8 Å². The van der Waals surface area contributed by atoms with Gasteiger partial charge in [-0.1, -0.05) is 29.5 Å². The summed E-state index contributed by atoms with van der Waals surface area (Å²) >= 11 is 2.74. The van der Waals surface area contributed by atoms with E-state index < -0.39 is 0 Å². The van der Waals surface area contributed by atoms with Gasteiger partial charge in [0.2, 0.25) is 5.91 Å². The highest BCUT2D eigenvalue weighted by Crippen LogP contribution is 2.27. The van der Waals surface area contributed by atoms with Crippen LogP contribution >= 0.6 is 23.1 Å². The fourth-order valence-corrected chi connectivity index (χ4v) is 4.10. The predicted molar refractivity (Wildman–Crippen MR) is 112 cm³/mol. The van der Waals surface area contributed by atoms with Crippen LogP contribution < -0.4 is 10.1 Å². The Kier molecular flexibility index (Phi) is 6.69. The number of aryl methyl sites for hydroxylation is 2. The third-order valence-corrected chi connectivity index (χ3v) is 5.73. The maximum atomic E-state index is 12.1. The predicted octanol–water partition coefficient (Wildman–Crippen LogP) is 4.24. The minimum absolute atomic E-state index is 0.119. The van der Waals surface area contributed by atoms with Crippen LogP contribution in [0.15, 0.2) is 34.9 Å². The van der Waals surface area contributed by atoms with E-state index in [0.29, 0.717) is 16.8 Å². The number of nitrogens with one attached hydrogen (secondary N) is 1. The summed E-state index contributed by atoms with van der Waals surface area (Å²) in [5.74, 6) is 1.70. The van der Waals surface area contributed by atoms with E-state index in [2.05, 4.69) is 33.5 Å². The molecule has 3 rings (SSSR count). The van der Waals surface area contributed by atoms with Crippen LogP contribution in [0.2, 0.25) is 0 Å². The van der Waals surface area contributed by atoms with Gasteiger partial charge < -0.3 is 14.6 Å². The number of carbonyl (C=O) groups is 1. The van der Waals surface area contributed by atoms with E-state index in [4.69, 9.17) is 4.74 Å². The van der Waals surface area contributed by atoms with Crippen LogP contribution in [0.25, 0.3) is 0 Å². The Hall–Kier alpha value is -2.39. The van der Waals surface area contributed by atoms with Crippen molar-refractivity contribution in [3.63, 3.8) is 0 Å². The van der Waals surface area contributed by atoms with Crippen molar-refractivity contribution in [2.24, 2.45) is 0 Å². The van der Waals surface area contributed by atoms with E-state index in [1.807, 2.05) is 42.9 Å². The Morgan fingerprint density at radius 1 is 1.36 bits per heavy atom. The van der Waals surface area contributed by atoms with Gasteiger partial charge in [-0.15, -0.1) is 21.5 Å². The number of thioether (sulfide) groups is 1. The van der Waals surface area contributed by atoms with Gasteiger partial charge in [-0.25, -0.2) is 4.98 Å². The van der Waals surface area contributed by atoms with Crippen molar-refractivity contribution in [2.45, 2.75) is 45.5 Å². The van der Waals surface area contributed by atoms with Gasteiger partial charge in [0.15, 0.2) is 22.2 Å². The molecule has 2 aromatic heterocycles. The number of hydrogen-bond donors (Lipinski definition) is 1. The Bertz CT molecular complexity index is 940. The van der Waals surface area contributed by atoms with Crippen molar-refractivity contribution in [3.8, 4) is 5.75 Å². The van der Waals surface area contributed by atoms with Gasteiger partial charge in [0.05, 0.1) is 5.75 Å². The van der Waals surface area contributed by atoms with Crippen molar-refractivity contribution in [2.75, 3.05) is 11.1 Å². The first kappa shape index (κ1) is 20.3. The molecule has 0 radical (unpaired) electrons. The van der Waals surface area contributed by atoms with E-state index in [1.54, 1.807) is 6.20 Å². The standard InChI is InChI=1S/C19H23N5O2S2/c1-5-24-17(14(4)26-15-7-6-12(2)10-13(15)3)22-23-19(24)28-11-16(25)21-18-20-8-9-27-18/h6-10,14H,5,11H2,1-4H3,(H,20,21,25). The third-order valence-electron chi connectivity index (χ3n) is 4.07. The first-order chi connectivity index (χ1) is 13.5. The SMILES string of the molecule is CCn1c(SCC(=O)Nc2nccs2)nnc1C(C)Oc1ccc(C)cc1C. The van der Waals surface area contributed by atoms with Crippen molar-refractivity contribution in [1.29, 1.82) is 0 Å². The lowest BCUT2D eigenvalue weighted by Gasteiger charge is -2.17. The second-order valence-electron chi connectivity index (χ2n) is 6.29.